The van der Waals surface area contributed by atoms with Gasteiger partial charge in [0.2, 0.25) is 0 Å². The molecule has 0 amide bonds. The average molecular weight is 237 g/mol. The van der Waals surface area contributed by atoms with Gasteiger partial charge in [-0.3, -0.25) is 0 Å². The Kier molecular flexibility index (Phi) is 2.42. The summed E-state index contributed by atoms with van der Waals surface area (Å²) in [6, 6.07) is 20.8. The highest BCUT2D eigenvalue weighted by Crippen LogP contribution is 2.51. The quantitative estimate of drug-likeness (QED) is 0.794. The van der Waals surface area contributed by atoms with Crippen molar-refractivity contribution in [3.8, 4) is 6.07 Å². The highest BCUT2D eigenvalue weighted by atomic mass is 32.2. The van der Waals surface area contributed by atoms with Crippen molar-refractivity contribution in [3.63, 3.8) is 0 Å². The lowest BCUT2D eigenvalue weighted by atomic mass is 9.77. The standard InChI is InChI=1S/C15H11NS/c16-11-15(17-13-7-2-1-3-8-13)10-12-6-4-5-9-14(12)15/h1-9H,10H2. The zero-order valence-electron chi connectivity index (χ0n) is 9.26. The molecule has 0 saturated heterocycles. The van der Waals surface area contributed by atoms with Gasteiger partial charge in [-0.15, -0.1) is 0 Å². The monoisotopic (exact) mass is 237 g/mol. The summed E-state index contributed by atoms with van der Waals surface area (Å²) in [6.07, 6.45) is 0.846. The number of hydrogen-bond donors (Lipinski definition) is 0. The Labute approximate surface area is 105 Å². The third-order valence-corrected chi connectivity index (χ3v) is 4.42. The molecule has 2 aromatic carbocycles. The molecule has 0 aliphatic heterocycles. The fourth-order valence-corrected chi connectivity index (χ4v) is 3.51. The van der Waals surface area contributed by atoms with Gasteiger partial charge in [0.25, 0.3) is 0 Å². The first kappa shape index (κ1) is 10.4. The third kappa shape index (κ3) is 1.64. The Morgan fingerprint density at radius 1 is 1.00 bits per heavy atom. The SMILES string of the molecule is N#CC1(Sc2ccccc2)Cc2ccccc21. The van der Waals surface area contributed by atoms with E-state index in [1.54, 1.807) is 11.8 Å². The summed E-state index contributed by atoms with van der Waals surface area (Å²) in [5, 5.41) is 9.47. The van der Waals surface area contributed by atoms with E-state index in [9.17, 15) is 5.26 Å². The van der Waals surface area contributed by atoms with Crippen LogP contribution in [0.25, 0.3) is 0 Å². The van der Waals surface area contributed by atoms with E-state index in [0.29, 0.717) is 0 Å². The zero-order chi connectivity index (χ0) is 11.7. The minimum Gasteiger partial charge on any atom is -0.196 e. The maximum absolute atomic E-state index is 9.47. The summed E-state index contributed by atoms with van der Waals surface area (Å²) in [6.45, 7) is 0. The van der Waals surface area contributed by atoms with Crippen molar-refractivity contribution in [2.45, 2.75) is 16.1 Å². The van der Waals surface area contributed by atoms with Crippen molar-refractivity contribution in [1.29, 1.82) is 5.26 Å². The van der Waals surface area contributed by atoms with E-state index < -0.39 is 0 Å². The average Bonchev–Trinajstić information content (AvgIpc) is 2.37. The molecule has 1 aliphatic rings. The number of nitrogens with zero attached hydrogens (tertiary/aromatic N) is 1. The number of nitriles is 1. The summed E-state index contributed by atoms with van der Waals surface area (Å²) in [4.78, 5) is 1.16. The molecule has 0 fully saturated rings. The van der Waals surface area contributed by atoms with Crippen molar-refractivity contribution in [2.75, 3.05) is 0 Å². The molecular weight excluding hydrogens is 226 g/mol. The second kappa shape index (κ2) is 3.94. The van der Waals surface area contributed by atoms with Crippen molar-refractivity contribution in [2.24, 2.45) is 0 Å². The molecule has 0 N–H and O–H groups in total. The van der Waals surface area contributed by atoms with Gasteiger partial charge in [0, 0.05) is 11.3 Å². The van der Waals surface area contributed by atoms with E-state index in [2.05, 4.69) is 30.3 Å². The number of benzene rings is 2. The van der Waals surface area contributed by atoms with E-state index >= 15 is 0 Å². The van der Waals surface area contributed by atoms with E-state index in [4.69, 9.17) is 0 Å². The van der Waals surface area contributed by atoms with Crippen LogP contribution < -0.4 is 0 Å². The first-order valence-corrected chi connectivity index (χ1v) is 6.39. The molecule has 0 spiro atoms. The third-order valence-electron chi connectivity index (χ3n) is 3.11. The number of fused-ring (bicyclic) bond motifs is 1. The lowest BCUT2D eigenvalue weighted by molar-refractivity contribution is 0.681. The molecule has 0 bridgehead atoms. The molecule has 1 nitrogen and oxygen atoms in total. The van der Waals surface area contributed by atoms with Crippen LogP contribution in [0.15, 0.2) is 59.5 Å². The first-order chi connectivity index (χ1) is 8.34. The van der Waals surface area contributed by atoms with Crippen molar-refractivity contribution < 1.29 is 0 Å². The van der Waals surface area contributed by atoms with Crippen molar-refractivity contribution >= 4 is 11.8 Å². The van der Waals surface area contributed by atoms with Crippen LogP contribution in [-0.4, -0.2) is 0 Å². The molecule has 2 aromatic rings. The Bertz CT molecular complexity index is 585. The predicted octanol–water partition coefficient (Wildman–Crippen LogP) is 3.75. The fraction of sp³-hybridized carbons (Fsp3) is 0.133. The summed E-state index contributed by atoms with van der Waals surface area (Å²) in [5.41, 5.74) is 2.48. The molecule has 2 heteroatoms. The van der Waals surface area contributed by atoms with Gasteiger partial charge in [0.1, 0.15) is 4.75 Å². The highest BCUT2D eigenvalue weighted by molar-refractivity contribution is 8.00. The molecule has 82 valence electrons. The summed E-state index contributed by atoms with van der Waals surface area (Å²) < 4.78 is -0.377. The van der Waals surface area contributed by atoms with Crippen LogP contribution in [0.4, 0.5) is 0 Å². The largest absolute Gasteiger partial charge is 0.196 e. The lowest BCUT2D eigenvalue weighted by Crippen LogP contribution is -2.33. The van der Waals surface area contributed by atoms with Crippen LogP contribution in [0, 0.1) is 11.3 Å². The van der Waals surface area contributed by atoms with Gasteiger partial charge in [-0.25, -0.2) is 0 Å². The molecular formula is C15H11NS. The molecule has 0 saturated carbocycles. The van der Waals surface area contributed by atoms with Gasteiger partial charge in [-0.2, -0.15) is 5.26 Å². The predicted molar refractivity (Wildman–Crippen MR) is 69.7 cm³/mol. The molecule has 1 unspecified atom stereocenters. The Balaban J connectivity index is 1.96. The molecule has 17 heavy (non-hydrogen) atoms. The molecule has 0 aromatic heterocycles. The van der Waals surface area contributed by atoms with Gasteiger partial charge in [-0.05, 0) is 23.3 Å². The first-order valence-electron chi connectivity index (χ1n) is 5.58. The summed E-state index contributed by atoms with van der Waals surface area (Å²) in [7, 11) is 0. The van der Waals surface area contributed by atoms with Crippen LogP contribution >= 0.6 is 11.8 Å². The maximum Gasteiger partial charge on any atom is 0.136 e. The van der Waals surface area contributed by atoms with Gasteiger partial charge in [0.05, 0.1) is 6.07 Å². The molecule has 0 heterocycles. The van der Waals surface area contributed by atoms with Gasteiger partial charge < -0.3 is 0 Å². The van der Waals surface area contributed by atoms with E-state index in [0.717, 1.165) is 11.3 Å². The van der Waals surface area contributed by atoms with Crippen molar-refractivity contribution in [3.05, 3.63) is 65.7 Å². The van der Waals surface area contributed by atoms with Crippen LogP contribution in [0.5, 0.6) is 0 Å². The second-order valence-corrected chi connectivity index (χ2v) is 5.56. The molecule has 1 aliphatic carbocycles. The Morgan fingerprint density at radius 2 is 1.71 bits per heavy atom. The number of rotatable bonds is 2. The maximum atomic E-state index is 9.47. The lowest BCUT2D eigenvalue weighted by Gasteiger charge is -2.37. The summed E-state index contributed by atoms with van der Waals surface area (Å²) in [5.74, 6) is 0. The van der Waals surface area contributed by atoms with Crippen LogP contribution in [0.3, 0.4) is 0 Å². The fourth-order valence-electron chi connectivity index (χ4n) is 2.23. The van der Waals surface area contributed by atoms with Crippen LogP contribution in [-0.2, 0) is 11.2 Å². The van der Waals surface area contributed by atoms with Crippen molar-refractivity contribution in [1.82, 2.24) is 0 Å². The molecule has 1 atom stereocenters. The summed E-state index contributed by atoms with van der Waals surface area (Å²) >= 11 is 1.66. The number of thioether (sulfide) groups is 1. The van der Waals surface area contributed by atoms with Gasteiger partial charge in [-0.1, -0.05) is 54.2 Å². The Morgan fingerprint density at radius 3 is 2.41 bits per heavy atom. The van der Waals surface area contributed by atoms with Crippen LogP contribution in [0.1, 0.15) is 11.1 Å². The minimum absolute atomic E-state index is 0.377. The topological polar surface area (TPSA) is 23.8 Å². The number of hydrogen-bond acceptors (Lipinski definition) is 2. The van der Waals surface area contributed by atoms with Gasteiger partial charge >= 0.3 is 0 Å². The van der Waals surface area contributed by atoms with Crippen LogP contribution in [0.2, 0.25) is 0 Å². The second-order valence-electron chi connectivity index (χ2n) is 4.19. The molecule has 3 rings (SSSR count). The normalized spacial score (nSPS) is 21.1. The van der Waals surface area contributed by atoms with Gasteiger partial charge in [0.15, 0.2) is 0 Å². The Hall–Kier alpha value is -1.72. The minimum atomic E-state index is -0.377. The highest BCUT2D eigenvalue weighted by Gasteiger charge is 2.43. The zero-order valence-corrected chi connectivity index (χ0v) is 10.1. The smallest absolute Gasteiger partial charge is 0.136 e. The van der Waals surface area contributed by atoms with E-state index in [-0.39, 0.29) is 4.75 Å². The molecule has 0 radical (unpaired) electrons. The van der Waals surface area contributed by atoms with E-state index in [1.165, 1.54) is 11.1 Å². The van der Waals surface area contributed by atoms with E-state index in [1.807, 2.05) is 30.3 Å².